The predicted octanol–water partition coefficient (Wildman–Crippen LogP) is 1.37. The van der Waals surface area contributed by atoms with Gasteiger partial charge in [-0.2, -0.15) is 0 Å². The van der Waals surface area contributed by atoms with Gasteiger partial charge in [0, 0.05) is 18.8 Å². The fourth-order valence-electron chi connectivity index (χ4n) is 2.48. The van der Waals surface area contributed by atoms with Gasteiger partial charge in [-0.1, -0.05) is 18.6 Å². The monoisotopic (exact) mass is 262 g/mol. The number of anilines is 1. The van der Waals surface area contributed by atoms with E-state index in [0.29, 0.717) is 17.8 Å². The number of nitrogens with zero attached hydrogens (tertiary/aromatic N) is 1. The van der Waals surface area contributed by atoms with Crippen molar-refractivity contribution in [2.24, 2.45) is 11.8 Å². The summed E-state index contributed by atoms with van der Waals surface area (Å²) in [6.45, 7) is 4.46. The molecule has 0 saturated carbocycles. The minimum Gasteiger partial charge on any atom is -0.481 e. The molecule has 1 aliphatic rings. The molecule has 1 aromatic rings. The first kappa shape index (κ1) is 13.4. The smallest absolute Gasteiger partial charge is 0.308 e. The Hall–Kier alpha value is -2.04. The first-order valence-corrected chi connectivity index (χ1v) is 6.28. The number of carboxylic acid groups (broad SMARTS) is 1. The summed E-state index contributed by atoms with van der Waals surface area (Å²) in [5, 5.41) is 9.09. The molecule has 1 amide bonds. The minimum atomic E-state index is -0.847. The van der Waals surface area contributed by atoms with Crippen molar-refractivity contribution in [2.45, 2.75) is 13.8 Å². The van der Waals surface area contributed by atoms with Crippen molar-refractivity contribution in [1.29, 1.82) is 0 Å². The van der Waals surface area contributed by atoms with Gasteiger partial charge in [0.1, 0.15) is 0 Å². The molecule has 2 atom stereocenters. The lowest BCUT2D eigenvalue weighted by Crippen LogP contribution is -2.30. The SMILES string of the molecule is Cc1ccc(N)c(C(=O)N2CC(C)C(C(=O)O)C2)c1. The maximum Gasteiger partial charge on any atom is 0.308 e. The molecule has 2 unspecified atom stereocenters. The van der Waals surface area contributed by atoms with Crippen molar-refractivity contribution in [3.63, 3.8) is 0 Å². The molecule has 0 spiro atoms. The third-order valence-corrected chi connectivity index (χ3v) is 3.66. The molecule has 102 valence electrons. The Bertz CT molecular complexity index is 527. The molecule has 1 heterocycles. The second-order valence-electron chi connectivity index (χ2n) is 5.22. The average Bonchev–Trinajstić information content (AvgIpc) is 2.74. The topological polar surface area (TPSA) is 83.6 Å². The summed E-state index contributed by atoms with van der Waals surface area (Å²) in [6, 6.07) is 5.30. The van der Waals surface area contributed by atoms with E-state index in [-0.39, 0.29) is 18.4 Å². The summed E-state index contributed by atoms with van der Waals surface area (Å²) in [6.07, 6.45) is 0. The molecule has 0 aliphatic carbocycles. The number of nitrogen functional groups attached to an aromatic ring is 1. The Morgan fingerprint density at radius 1 is 1.37 bits per heavy atom. The van der Waals surface area contributed by atoms with E-state index in [4.69, 9.17) is 10.8 Å². The highest BCUT2D eigenvalue weighted by Crippen LogP contribution is 2.26. The molecule has 1 saturated heterocycles. The number of hydrogen-bond acceptors (Lipinski definition) is 3. The molecule has 0 aromatic heterocycles. The maximum absolute atomic E-state index is 12.4. The first-order chi connectivity index (χ1) is 8.90. The van der Waals surface area contributed by atoms with Gasteiger partial charge in [-0.25, -0.2) is 0 Å². The van der Waals surface area contributed by atoms with Crippen LogP contribution in [0.3, 0.4) is 0 Å². The van der Waals surface area contributed by atoms with Crippen LogP contribution in [0.4, 0.5) is 5.69 Å². The maximum atomic E-state index is 12.4. The predicted molar refractivity (Wildman–Crippen MR) is 71.8 cm³/mol. The lowest BCUT2D eigenvalue weighted by Gasteiger charge is -2.17. The average molecular weight is 262 g/mol. The van der Waals surface area contributed by atoms with Crippen LogP contribution in [0.25, 0.3) is 0 Å². The van der Waals surface area contributed by atoms with Crippen molar-refractivity contribution in [3.05, 3.63) is 29.3 Å². The number of carboxylic acids is 1. The summed E-state index contributed by atoms with van der Waals surface area (Å²) < 4.78 is 0. The highest BCUT2D eigenvalue weighted by Gasteiger charge is 2.37. The van der Waals surface area contributed by atoms with Crippen molar-refractivity contribution < 1.29 is 14.7 Å². The zero-order valence-corrected chi connectivity index (χ0v) is 11.1. The van der Waals surface area contributed by atoms with Crippen LogP contribution in [0.1, 0.15) is 22.8 Å². The fourth-order valence-corrected chi connectivity index (χ4v) is 2.48. The molecule has 1 fully saturated rings. The van der Waals surface area contributed by atoms with Gasteiger partial charge in [0.15, 0.2) is 0 Å². The summed E-state index contributed by atoms with van der Waals surface area (Å²) >= 11 is 0. The van der Waals surface area contributed by atoms with Gasteiger partial charge in [0.25, 0.3) is 5.91 Å². The Morgan fingerprint density at radius 2 is 2.05 bits per heavy atom. The number of carbonyl (C=O) groups excluding carboxylic acids is 1. The molecule has 3 N–H and O–H groups in total. The largest absolute Gasteiger partial charge is 0.481 e. The number of nitrogens with two attached hydrogens (primary N) is 1. The lowest BCUT2D eigenvalue weighted by atomic mass is 9.99. The second-order valence-corrected chi connectivity index (χ2v) is 5.22. The molecule has 5 nitrogen and oxygen atoms in total. The Kier molecular flexibility index (Phi) is 3.46. The summed E-state index contributed by atoms with van der Waals surface area (Å²) in [5.41, 5.74) is 7.67. The molecule has 5 heteroatoms. The van der Waals surface area contributed by atoms with E-state index in [1.807, 2.05) is 19.9 Å². The van der Waals surface area contributed by atoms with Gasteiger partial charge in [0.2, 0.25) is 0 Å². The summed E-state index contributed by atoms with van der Waals surface area (Å²) in [7, 11) is 0. The Labute approximate surface area is 112 Å². The number of aliphatic carboxylic acids is 1. The zero-order chi connectivity index (χ0) is 14.2. The Balaban J connectivity index is 2.22. The Morgan fingerprint density at radius 3 is 2.63 bits per heavy atom. The summed E-state index contributed by atoms with van der Waals surface area (Å²) in [5.74, 6) is -1.56. The van der Waals surface area contributed by atoms with E-state index < -0.39 is 11.9 Å². The second kappa shape index (κ2) is 4.91. The highest BCUT2D eigenvalue weighted by molar-refractivity contribution is 5.99. The number of aryl methyl sites for hydroxylation is 1. The van der Waals surface area contributed by atoms with Crippen LogP contribution in [0.2, 0.25) is 0 Å². The number of likely N-dealkylation sites (tertiary alicyclic amines) is 1. The van der Waals surface area contributed by atoms with E-state index in [0.717, 1.165) is 5.56 Å². The standard InChI is InChI=1S/C14H18N2O3/c1-8-3-4-12(15)10(5-8)13(17)16-6-9(2)11(7-16)14(18)19/h3-5,9,11H,6-7,15H2,1-2H3,(H,18,19). The number of benzene rings is 1. The first-order valence-electron chi connectivity index (χ1n) is 6.28. The number of hydrogen-bond donors (Lipinski definition) is 2. The van der Waals surface area contributed by atoms with Gasteiger partial charge < -0.3 is 15.7 Å². The number of rotatable bonds is 2. The molecular formula is C14H18N2O3. The molecule has 0 bridgehead atoms. The number of carbonyl (C=O) groups is 2. The molecule has 0 radical (unpaired) electrons. The zero-order valence-electron chi connectivity index (χ0n) is 11.1. The van der Waals surface area contributed by atoms with E-state index in [1.165, 1.54) is 0 Å². The van der Waals surface area contributed by atoms with Crippen LogP contribution in [-0.2, 0) is 4.79 Å². The van der Waals surface area contributed by atoms with E-state index >= 15 is 0 Å². The van der Waals surface area contributed by atoms with Gasteiger partial charge in [-0.05, 0) is 25.0 Å². The van der Waals surface area contributed by atoms with E-state index in [1.54, 1.807) is 17.0 Å². The van der Waals surface area contributed by atoms with Crippen LogP contribution in [0.15, 0.2) is 18.2 Å². The van der Waals surface area contributed by atoms with Crippen LogP contribution < -0.4 is 5.73 Å². The van der Waals surface area contributed by atoms with Crippen molar-refractivity contribution in [3.8, 4) is 0 Å². The minimum absolute atomic E-state index is 0.0347. The van der Waals surface area contributed by atoms with Crippen molar-refractivity contribution in [1.82, 2.24) is 4.90 Å². The quantitative estimate of drug-likeness (QED) is 0.788. The van der Waals surface area contributed by atoms with E-state index in [2.05, 4.69) is 0 Å². The van der Waals surface area contributed by atoms with Gasteiger partial charge in [-0.15, -0.1) is 0 Å². The third kappa shape index (κ3) is 2.54. The molecule has 1 aromatic carbocycles. The molecule has 1 aliphatic heterocycles. The normalized spacial score (nSPS) is 22.5. The third-order valence-electron chi connectivity index (χ3n) is 3.66. The van der Waals surface area contributed by atoms with Crippen molar-refractivity contribution >= 4 is 17.6 Å². The van der Waals surface area contributed by atoms with E-state index in [9.17, 15) is 9.59 Å². The van der Waals surface area contributed by atoms with Crippen LogP contribution >= 0.6 is 0 Å². The molecular weight excluding hydrogens is 244 g/mol. The van der Waals surface area contributed by atoms with Crippen molar-refractivity contribution in [2.75, 3.05) is 18.8 Å². The van der Waals surface area contributed by atoms with Crippen LogP contribution in [0, 0.1) is 18.8 Å². The number of amides is 1. The summed E-state index contributed by atoms with van der Waals surface area (Å²) in [4.78, 5) is 25.0. The van der Waals surface area contributed by atoms with Crippen LogP contribution in [0.5, 0.6) is 0 Å². The van der Waals surface area contributed by atoms with Gasteiger partial charge in [-0.3, -0.25) is 9.59 Å². The molecule has 2 rings (SSSR count). The van der Waals surface area contributed by atoms with Gasteiger partial charge >= 0.3 is 5.97 Å². The van der Waals surface area contributed by atoms with Gasteiger partial charge in [0.05, 0.1) is 11.5 Å². The van der Waals surface area contributed by atoms with Crippen LogP contribution in [-0.4, -0.2) is 35.0 Å². The highest BCUT2D eigenvalue weighted by atomic mass is 16.4. The molecule has 19 heavy (non-hydrogen) atoms. The lowest BCUT2D eigenvalue weighted by molar-refractivity contribution is -0.142. The fraction of sp³-hybridized carbons (Fsp3) is 0.429.